The maximum Gasteiger partial charge on any atom is 0.272 e. The molecule has 27 heavy (non-hydrogen) atoms. The fourth-order valence-electron chi connectivity index (χ4n) is 3.39. The van der Waals surface area contributed by atoms with Gasteiger partial charge in [0.05, 0.1) is 16.8 Å². The number of pyridine rings is 1. The first-order valence-electron chi connectivity index (χ1n) is 9.22. The Morgan fingerprint density at radius 3 is 2.52 bits per heavy atom. The summed E-state index contributed by atoms with van der Waals surface area (Å²) < 4.78 is 13.2. The number of amides is 1. The molecule has 0 atom stereocenters. The van der Waals surface area contributed by atoms with E-state index in [1.807, 2.05) is 24.3 Å². The van der Waals surface area contributed by atoms with Crippen LogP contribution in [-0.2, 0) is 0 Å². The van der Waals surface area contributed by atoms with Crippen LogP contribution in [0.25, 0.3) is 22.2 Å². The number of para-hydroxylation sites is 1. The molecule has 1 saturated carbocycles. The van der Waals surface area contributed by atoms with Crippen LogP contribution in [0.1, 0.15) is 42.5 Å². The van der Waals surface area contributed by atoms with Crippen molar-refractivity contribution >= 4 is 22.5 Å². The van der Waals surface area contributed by atoms with E-state index in [0.29, 0.717) is 11.3 Å². The summed E-state index contributed by atoms with van der Waals surface area (Å²) in [7, 11) is 0. The second-order valence-corrected chi connectivity index (χ2v) is 6.76. The van der Waals surface area contributed by atoms with Gasteiger partial charge in [0.25, 0.3) is 5.91 Å². The first-order valence-corrected chi connectivity index (χ1v) is 9.22. The molecular weight excluding hydrogens is 341 g/mol. The number of hydrazone groups is 1. The highest BCUT2D eigenvalue weighted by Gasteiger charge is 2.14. The molecule has 1 fully saturated rings. The molecule has 0 saturated heterocycles. The number of halogens is 1. The molecule has 1 aliphatic carbocycles. The first-order chi connectivity index (χ1) is 13.2. The van der Waals surface area contributed by atoms with Crippen LogP contribution in [0.15, 0.2) is 59.7 Å². The van der Waals surface area contributed by atoms with E-state index in [-0.39, 0.29) is 11.7 Å². The lowest BCUT2D eigenvalue weighted by atomic mass is 9.99. The topological polar surface area (TPSA) is 54.4 Å². The number of hydrogen-bond acceptors (Lipinski definition) is 3. The first kappa shape index (κ1) is 17.3. The van der Waals surface area contributed by atoms with Crippen molar-refractivity contribution in [1.29, 1.82) is 0 Å². The highest BCUT2D eigenvalue weighted by molar-refractivity contribution is 6.07. The van der Waals surface area contributed by atoms with Crippen molar-refractivity contribution < 1.29 is 9.18 Å². The van der Waals surface area contributed by atoms with Gasteiger partial charge in [0.1, 0.15) is 5.82 Å². The van der Waals surface area contributed by atoms with Gasteiger partial charge >= 0.3 is 0 Å². The van der Waals surface area contributed by atoms with Crippen LogP contribution in [-0.4, -0.2) is 16.6 Å². The maximum atomic E-state index is 13.2. The summed E-state index contributed by atoms with van der Waals surface area (Å²) in [5.74, 6) is -0.559. The van der Waals surface area contributed by atoms with Gasteiger partial charge in [0, 0.05) is 16.7 Å². The number of hydrogen-bond donors (Lipinski definition) is 1. The van der Waals surface area contributed by atoms with Crippen LogP contribution in [0.4, 0.5) is 4.39 Å². The third-order valence-electron chi connectivity index (χ3n) is 4.85. The Balaban J connectivity index is 1.71. The number of benzene rings is 2. The third kappa shape index (κ3) is 3.87. The zero-order chi connectivity index (χ0) is 18.6. The minimum absolute atomic E-state index is 0.255. The molecule has 1 aliphatic rings. The predicted molar refractivity (Wildman–Crippen MR) is 105 cm³/mol. The number of carbonyl (C=O) groups is 1. The summed E-state index contributed by atoms with van der Waals surface area (Å²) >= 11 is 0. The predicted octanol–water partition coefficient (Wildman–Crippen LogP) is 5.09. The van der Waals surface area contributed by atoms with Crippen LogP contribution in [0.2, 0.25) is 0 Å². The molecule has 2 aromatic carbocycles. The second-order valence-electron chi connectivity index (χ2n) is 6.76. The molecule has 3 aromatic rings. The van der Waals surface area contributed by atoms with E-state index in [2.05, 4.69) is 15.5 Å². The molecule has 5 heteroatoms. The number of aromatic nitrogens is 1. The van der Waals surface area contributed by atoms with E-state index in [0.717, 1.165) is 47.9 Å². The Morgan fingerprint density at radius 1 is 1.00 bits per heavy atom. The molecule has 0 aliphatic heterocycles. The fraction of sp³-hybridized carbons (Fsp3) is 0.227. The zero-order valence-electron chi connectivity index (χ0n) is 14.9. The number of rotatable bonds is 3. The lowest BCUT2D eigenvalue weighted by molar-refractivity contribution is 0.0956. The lowest BCUT2D eigenvalue weighted by Gasteiger charge is -2.13. The average Bonchev–Trinajstić information content (AvgIpc) is 2.72. The van der Waals surface area contributed by atoms with Gasteiger partial charge in [-0.05, 0) is 62.1 Å². The quantitative estimate of drug-likeness (QED) is 0.661. The van der Waals surface area contributed by atoms with Crippen LogP contribution < -0.4 is 5.43 Å². The van der Waals surface area contributed by atoms with E-state index >= 15 is 0 Å². The van der Waals surface area contributed by atoms with E-state index in [1.165, 1.54) is 18.6 Å². The molecule has 0 bridgehead atoms. The largest absolute Gasteiger partial charge is 0.272 e. The molecule has 1 amide bonds. The van der Waals surface area contributed by atoms with Crippen LogP contribution >= 0.6 is 0 Å². The Labute approximate surface area is 157 Å². The molecular formula is C22H20FN3O. The smallest absolute Gasteiger partial charge is 0.267 e. The van der Waals surface area contributed by atoms with Gasteiger partial charge in [-0.3, -0.25) is 4.79 Å². The minimum atomic E-state index is -0.305. The monoisotopic (exact) mass is 361 g/mol. The Bertz CT molecular complexity index is 1000. The van der Waals surface area contributed by atoms with Gasteiger partial charge in [-0.25, -0.2) is 14.8 Å². The van der Waals surface area contributed by atoms with Crippen LogP contribution in [0.5, 0.6) is 0 Å². The highest BCUT2D eigenvalue weighted by Crippen LogP contribution is 2.25. The normalized spacial score (nSPS) is 14.2. The number of fused-ring (bicyclic) bond motifs is 1. The van der Waals surface area contributed by atoms with Crippen LogP contribution in [0, 0.1) is 5.82 Å². The van der Waals surface area contributed by atoms with E-state index < -0.39 is 0 Å². The summed E-state index contributed by atoms with van der Waals surface area (Å²) in [4.78, 5) is 17.5. The Kier molecular flexibility index (Phi) is 4.92. The van der Waals surface area contributed by atoms with Gasteiger partial charge < -0.3 is 0 Å². The summed E-state index contributed by atoms with van der Waals surface area (Å²) in [6.45, 7) is 0. The van der Waals surface area contributed by atoms with Crippen molar-refractivity contribution in [2.75, 3.05) is 0 Å². The van der Waals surface area contributed by atoms with Crippen molar-refractivity contribution in [2.24, 2.45) is 5.10 Å². The standard InChI is InChI=1S/C22H20FN3O/c23-16-12-10-15(11-13-16)21-14-19(18-8-4-5-9-20(18)24-21)22(27)26-25-17-6-2-1-3-7-17/h4-5,8-14H,1-3,6-7H2,(H,26,27). The highest BCUT2D eigenvalue weighted by atomic mass is 19.1. The van der Waals surface area contributed by atoms with E-state index in [1.54, 1.807) is 18.2 Å². The molecule has 1 N–H and O–H groups in total. The Morgan fingerprint density at radius 2 is 1.74 bits per heavy atom. The average molecular weight is 361 g/mol. The fourth-order valence-corrected chi connectivity index (χ4v) is 3.39. The summed E-state index contributed by atoms with van der Waals surface area (Å²) in [5, 5.41) is 5.10. The molecule has 4 rings (SSSR count). The molecule has 1 aromatic heterocycles. The van der Waals surface area contributed by atoms with Crippen molar-refractivity contribution in [3.8, 4) is 11.3 Å². The Hall–Kier alpha value is -3.08. The zero-order valence-corrected chi connectivity index (χ0v) is 14.9. The molecule has 1 heterocycles. The minimum Gasteiger partial charge on any atom is -0.267 e. The van der Waals surface area contributed by atoms with Gasteiger partial charge in [-0.15, -0.1) is 0 Å². The summed E-state index contributed by atoms with van der Waals surface area (Å²) in [6, 6.07) is 15.4. The number of nitrogens with zero attached hydrogens (tertiary/aromatic N) is 2. The summed E-state index contributed by atoms with van der Waals surface area (Å²) in [5.41, 5.74) is 6.38. The molecule has 4 nitrogen and oxygen atoms in total. The molecule has 0 spiro atoms. The third-order valence-corrected chi connectivity index (χ3v) is 4.85. The maximum absolute atomic E-state index is 13.2. The van der Waals surface area contributed by atoms with Crippen molar-refractivity contribution in [1.82, 2.24) is 10.4 Å². The van der Waals surface area contributed by atoms with E-state index in [4.69, 9.17) is 0 Å². The van der Waals surface area contributed by atoms with Gasteiger partial charge in [0.2, 0.25) is 0 Å². The molecule has 0 unspecified atom stereocenters. The number of nitrogens with one attached hydrogen (secondary N) is 1. The van der Waals surface area contributed by atoms with Crippen molar-refractivity contribution in [3.63, 3.8) is 0 Å². The SMILES string of the molecule is O=C(NN=C1CCCCC1)c1cc(-c2ccc(F)cc2)nc2ccccc12. The molecule has 136 valence electrons. The summed E-state index contributed by atoms with van der Waals surface area (Å²) in [6.07, 6.45) is 5.36. The van der Waals surface area contributed by atoms with Crippen LogP contribution in [0.3, 0.4) is 0 Å². The van der Waals surface area contributed by atoms with Gasteiger partial charge in [-0.1, -0.05) is 24.6 Å². The van der Waals surface area contributed by atoms with E-state index in [9.17, 15) is 9.18 Å². The molecule has 0 radical (unpaired) electrons. The number of carbonyl (C=O) groups excluding carboxylic acids is 1. The van der Waals surface area contributed by atoms with Crippen molar-refractivity contribution in [3.05, 3.63) is 66.0 Å². The van der Waals surface area contributed by atoms with Gasteiger partial charge in [-0.2, -0.15) is 5.10 Å². The van der Waals surface area contributed by atoms with Gasteiger partial charge in [0.15, 0.2) is 0 Å². The second kappa shape index (κ2) is 7.66. The van der Waals surface area contributed by atoms with Crippen molar-refractivity contribution in [2.45, 2.75) is 32.1 Å². The lowest BCUT2D eigenvalue weighted by Crippen LogP contribution is -2.21.